The highest BCUT2D eigenvalue weighted by Gasteiger charge is 2.19. The summed E-state index contributed by atoms with van der Waals surface area (Å²) in [5.74, 6) is 0. The van der Waals surface area contributed by atoms with Crippen LogP contribution in [0.4, 0.5) is 0 Å². The second kappa shape index (κ2) is 6.02. The molecule has 0 saturated carbocycles. The molecule has 0 aliphatic heterocycles. The van der Waals surface area contributed by atoms with Crippen molar-refractivity contribution in [3.05, 3.63) is 35.4 Å². The van der Waals surface area contributed by atoms with E-state index in [-0.39, 0.29) is 5.54 Å². The zero-order valence-corrected chi connectivity index (χ0v) is 10.6. The van der Waals surface area contributed by atoms with Gasteiger partial charge in [0.25, 0.3) is 0 Å². The van der Waals surface area contributed by atoms with Gasteiger partial charge in [-0.1, -0.05) is 43.7 Å². The highest BCUT2D eigenvalue weighted by molar-refractivity contribution is 5.21. The van der Waals surface area contributed by atoms with Crippen molar-refractivity contribution in [1.29, 1.82) is 0 Å². The summed E-state index contributed by atoms with van der Waals surface area (Å²) in [4.78, 5) is 0. The van der Waals surface area contributed by atoms with Gasteiger partial charge in [0.15, 0.2) is 0 Å². The molecule has 0 aliphatic rings. The predicted octanol–water partition coefficient (Wildman–Crippen LogP) is 3.03. The standard InChI is InChI=1S/C14H23NO/c1-4-14(15,5-2)11-16-10-13-8-6-7-12(3)9-13/h6-9H,4-5,10-11,15H2,1-3H3. The first-order valence-electron chi connectivity index (χ1n) is 6.02. The van der Waals surface area contributed by atoms with Crippen molar-refractivity contribution < 1.29 is 4.74 Å². The lowest BCUT2D eigenvalue weighted by molar-refractivity contribution is 0.0696. The molecule has 0 amide bonds. The second-order valence-corrected chi connectivity index (χ2v) is 4.55. The molecule has 2 heteroatoms. The quantitative estimate of drug-likeness (QED) is 0.801. The molecule has 0 unspecified atom stereocenters. The maximum Gasteiger partial charge on any atom is 0.0717 e. The fourth-order valence-electron chi connectivity index (χ4n) is 1.63. The fraction of sp³-hybridized carbons (Fsp3) is 0.571. The Labute approximate surface area is 98.8 Å². The van der Waals surface area contributed by atoms with Crippen LogP contribution in [0.3, 0.4) is 0 Å². The third-order valence-corrected chi connectivity index (χ3v) is 3.15. The van der Waals surface area contributed by atoms with Crippen molar-refractivity contribution in [3.8, 4) is 0 Å². The number of ether oxygens (including phenoxy) is 1. The van der Waals surface area contributed by atoms with Crippen molar-refractivity contribution in [2.45, 2.75) is 45.8 Å². The van der Waals surface area contributed by atoms with Gasteiger partial charge in [-0.05, 0) is 25.3 Å². The molecular weight excluding hydrogens is 198 g/mol. The summed E-state index contributed by atoms with van der Waals surface area (Å²) in [6, 6.07) is 8.39. The lowest BCUT2D eigenvalue weighted by atomic mass is 9.96. The van der Waals surface area contributed by atoms with Crippen molar-refractivity contribution in [2.75, 3.05) is 6.61 Å². The van der Waals surface area contributed by atoms with E-state index in [1.54, 1.807) is 0 Å². The number of rotatable bonds is 6. The Hall–Kier alpha value is -0.860. The van der Waals surface area contributed by atoms with E-state index in [1.165, 1.54) is 11.1 Å². The molecule has 1 aromatic rings. The number of hydrogen-bond acceptors (Lipinski definition) is 2. The topological polar surface area (TPSA) is 35.2 Å². The first-order valence-corrected chi connectivity index (χ1v) is 6.02. The smallest absolute Gasteiger partial charge is 0.0717 e. The van der Waals surface area contributed by atoms with Gasteiger partial charge in [0.1, 0.15) is 0 Å². The molecule has 0 bridgehead atoms. The van der Waals surface area contributed by atoms with Gasteiger partial charge < -0.3 is 10.5 Å². The fourth-order valence-corrected chi connectivity index (χ4v) is 1.63. The van der Waals surface area contributed by atoms with Crippen LogP contribution in [0.2, 0.25) is 0 Å². The SMILES string of the molecule is CCC(N)(CC)COCc1cccc(C)c1. The minimum Gasteiger partial charge on any atom is -0.375 e. The van der Waals surface area contributed by atoms with E-state index < -0.39 is 0 Å². The Kier molecular flexibility index (Phi) is 4.97. The van der Waals surface area contributed by atoms with Crippen LogP contribution in [0, 0.1) is 6.92 Å². The summed E-state index contributed by atoms with van der Waals surface area (Å²) < 4.78 is 5.70. The van der Waals surface area contributed by atoms with E-state index in [0.717, 1.165) is 12.8 Å². The molecule has 0 radical (unpaired) electrons. The third kappa shape index (κ3) is 3.95. The molecule has 2 N–H and O–H groups in total. The summed E-state index contributed by atoms with van der Waals surface area (Å²) in [5, 5.41) is 0. The monoisotopic (exact) mass is 221 g/mol. The van der Waals surface area contributed by atoms with Gasteiger partial charge in [0.05, 0.1) is 13.2 Å². The van der Waals surface area contributed by atoms with Crippen LogP contribution in [0.15, 0.2) is 24.3 Å². The van der Waals surface area contributed by atoms with Gasteiger partial charge in [-0.25, -0.2) is 0 Å². The summed E-state index contributed by atoms with van der Waals surface area (Å²) in [6.07, 6.45) is 1.91. The van der Waals surface area contributed by atoms with E-state index in [9.17, 15) is 0 Å². The number of benzene rings is 1. The Balaban J connectivity index is 2.41. The van der Waals surface area contributed by atoms with Crippen molar-refractivity contribution in [2.24, 2.45) is 5.73 Å². The Bertz CT molecular complexity index is 318. The highest BCUT2D eigenvalue weighted by Crippen LogP contribution is 2.13. The normalized spacial score (nSPS) is 11.8. The number of aryl methyl sites for hydroxylation is 1. The van der Waals surface area contributed by atoms with Crippen LogP contribution < -0.4 is 5.73 Å². The van der Waals surface area contributed by atoms with E-state index in [1.807, 2.05) is 0 Å². The van der Waals surface area contributed by atoms with Crippen LogP contribution >= 0.6 is 0 Å². The maximum atomic E-state index is 6.17. The van der Waals surface area contributed by atoms with Crippen LogP contribution in [0.25, 0.3) is 0 Å². The van der Waals surface area contributed by atoms with E-state index in [2.05, 4.69) is 45.0 Å². The van der Waals surface area contributed by atoms with E-state index >= 15 is 0 Å². The molecule has 2 nitrogen and oxygen atoms in total. The van der Waals surface area contributed by atoms with Crippen molar-refractivity contribution in [1.82, 2.24) is 0 Å². The third-order valence-electron chi connectivity index (χ3n) is 3.15. The summed E-state index contributed by atoms with van der Waals surface area (Å²) in [7, 11) is 0. The van der Waals surface area contributed by atoms with Gasteiger partial charge in [-0.2, -0.15) is 0 Å². The molecule has 0 atom stereocenters. The average molecular weight is 221 g/mol. The van der Waals surface area contributed by atoms with Gasteiger partial charge in [-0.15, -0.1) is 0 Å². The van der Waals surface area contributed by atoms with Crippen molar-refractivity contribution >= 4 is 0 Å². The highest BCUT2D eigenvalue weighted by atomic mass is 16.5. The minimum absolute atomic E-state index is 0.163. The molecule has 16 heavy (non-hydrogen) atoms. The first kappa shape index (κ1) is 13.2. The van der Waals surface area contributed by atoms with Gasteiger partial charge in [0, 0.05) is 5.54 Å². The van der Waals surface area contributed by atoms with Crippen LogP contribution in [0.5, 0.6) is 0 Å². The maximum absolute atomic E-state index is 6.17. The molecule has 0 aromatic heterocycles. The molecule has 0 fully saturated rings. The molecule has 0 aliphatic carbocycles. The summed E-state index contributed by atoms with van der Waals surface area (Å²) >= 11 is 0. The predicted molar refractivity (Wildman–Crippen MR) is 68.3 cm³/mol. The van der Waals surface area contributed by atoms with Crippen LogP contribution in [-0.2, 0) is 11.3 Å². The van der Waals surface area contributed by atoms with E-state index in [0.29, 0.717) is 13.2 Å². The average Bonchev–Trinajstić information content (AvgIpc) is 2.29. The van der Waals surface area contributed by atoms with Gasteiger partial charge >= 0.3 is 0 Å². The zero-order chi connectivity index (χ0) is 12.0. The summed E-state index contributed by atoms with van der Waals surface area (Å²) in [6.45, 7) is 7.60. The Morgan fingerprint density at radius 3 is 2.50 bits per heavy atom. The van der Waals surface area contributed by atoms with E-state index in [4.69, 9.17) is 10.5 Å². The zero-order valence-electron chi connectivity index (χ0n) is 10.6. The molecular formula is C14H23NO. The lowest BCUT2D eigenvalue weighted by Gasteiger charge is -2.26. The van der Waals surface area contributed by atoms with Crippen LogP contribution in [0.1, 0.15) is 37.8 Å². The molecule has 0 heterocycles. The van der Waals surface area contributed by atoms with Crippen molar-refractivity contribution in [3.63, 3.8) is 0 Å². The Morgan fingerprint density at radius 1 is 1.25 bits per heavy atom. The second-order valence-electron chi connectivity index (χ2n) is 4.55. The molecule has 0 spiro atoms. The molecule has 1 aromatic carbocycles. The number of hydrogen-bond donors (Lipinski definition) is 1. The molecule has 1 rings (SSSR count). The number of nitrogens with two attached hydrogens (primary N) is 1. The lowest BCUT2D eigenvalue weighted by Crippen LogP contribution is -2.43. The molecule has 0 saturated heterocycles. The largest absolute Gasteiger partial charge is 0.375 e. The molecule has 90 valence electrons. The summed E-state index contributed by atoms with van der Waals surface area (Å²) in [5.41, 5.74) is 8.49. The van der Waals surface area contributed by atoms with Gasteiger partial charge in [-0.3, -0.25) is 0 Å². The van der Waals surface area contributed by atoms with Crippen LogP contribution in [-0.4, -0.2) is 12.1 Å². The van der Waals surface area contributed by atoms with Gasteiger partial charge in [0.2, 0.25) is 0 Å². The minimum atomic E-state index is -0.163. The Morgan fingerprint density at radius 2 is 1.94 bits per heavy atom. The first-order chi connectivity index (χ1) is 7.59.